The molecule has 0 saturated heterocycles. The van der Waals surface area contributed by atoms with E-state index in [1.807, 2.05) is 18.2 Å². The van der Waals surface area contributed by atoms with Crippen LogP contribution in [0.2, 0.25) is 0 Å². The number of methoxy groups -OCH3 is 2. The zero-order valence-electron chi connectivity index (χ0n) is 15.9. The molecule has 1 aromatic carbocycles. The van der Waals surface area contributed by atoms with Gasteiger partial charge in [0, 0.05) is 12.5 Å². The van der Waals surface area contributed by atoms with E-state index in [0.717, 1.165) is 47.1 Å². The van der Waals surface area contributed by atoms with Crippen LogP contribution in [0.15, 0.2) is 18.2 Å². The molecule has 136 valence electrons. The fraction of sp³-hybridized carbons (Fsp3) is 0.600. The molecule has 1 aliphatic rings. The van der Waals surface area contributed by atoms with E-state index in [-0.39, 0.29) is 0 Å². The molecule has 2 aromatic rings. The van der Waals surface area contributed by atoms with Gasteiger partial charge in [-0.05, 0) is 48.6 Å². The van der Waals surface area contributed by atoms with Gasteiger partial charge in [0.05, 0.1) is 19.8 Å². The lowest BCUT2D eigenvalue weighted by atomic mass is 9.68. The summed E-state index contributed by atoms with van der Waals surface area (Å²) in [4.78, 5) is 4.74. The SMILES string of the molecule is COc1ccc(-c2n[nH]c(CC3C(C)CC(C)CC3C)n2)c(OC)c1. The second kappa shape index (κ2) is 7.46. The number of rotatable bonds is 5. The highest BCUT2D eigenvalue weighted by Gasteiger charge is 2.32. The molecule has 2 atom stereocenters. The fourth-order valence-electron chi connectivity index (χ4n) is 4.39. The molecule has 0 radical (unpaired) electrons. The number of H-pyrrole nitrogens is 1. The number of nitrogens with one attached hydrogen (secondary N) is 1. The third-order valence-corrected chi connectivity index (χ3v) is 5.62. The van der Waals surface area contributed by atoms with Gasteiger partial charge in [0.25, 0.3) is 0 Å². The van der Waals surface area contributed by atoms with Crippen molar-refractivity contribution in [3.63, 3.8) is 0 Å². The van der Waals surface area contributed by atoms with E-state index in [9.17, 15) is 0 Å². The van der Waals surface area contributed by atoms with Crippen molar-refractivity contribution in [1.29, 1.82) is 0 Å². The van der Waals surface area contributed by atoms with Gasteiger partial charge >= 0.3 is 0 Å². The van der Waals surface area contributed by atoms with Crippen LogP contribution in [-0.4, -0.2) is 29.4 Å². The number of ether oxygens (including phenoxy) is 2. The Hall–Kier alpha value is -2.04. The summed E-state index contributed by atoms with van der Waals surface area (Å²) in [5, 5.41) is 7.56. The van der Waals surface area contributed by atoms with Gasteiger partial charge in [0.2, 0.25) is 0 Å². The molecule has 1 aliphatic carbocycles. The summed E-state index contributed by atoms with van der Waals surface area (Å²) in [7, 11) is 3.30. The Kier molecular flexibility index (Phi) is 5.30. The highest BCUT2D eigenvalue weighted by molar-refractivity contribution is 5.65. The number of hydrogen-bond donors (Lipinski definition) is 1. The summed E-state index contributed by atoms with van der Waals surface area (Å²) < 4.78 is 10.7. The van der Waals surface area contributed by atoms with E-state index in [1.165, 1.54) is 12.8 Å². The van der Waals surface area contributed by atoms with Crippen LogP contribution in [-0.2, 0) is 6.42 Å². The standard InChI is InChI=1S/C20H29N3O2/c1-12-8-13(2)17(14(3)9-12)11-19-21-20(23-22-19)16-7-6-15(24-4)10-18(16)25-5/h6-7,10,12-14,17H,8-9,11H2,1-5H3,(H,21,22,23). The molecule has 2 unspecified atom stereocenters. The molecule has 0 amide bonds. The zero-order valence-corrected chi connectivity index (χ0v) is 15.9. The van der Waals surface area contributed by atoms with Crippen molar-refractivity contribution >= 4 is 0 Å². The molecule has 0 spiro atoms. The zero-order chi connectivity index (χ0) is 18.0. The van der Waals surface area contributed by atoms with E-state index < -0.39 is 0 Å². The predicted molar refractivity (Wildman–Crippen MR) is 98.8 cm³/mol. The topological polar surface area (TPSA) is 60.0 Å². The Labute approximate surface area is 150 Å². The van der Waals surface area contributed by atoms with E-state index >= 15 is 0 Å². The minimum absolute atomic E-state index is 0.662. The first-order valence-electron chi connectivity index (χ1n) is 9.15. The van der Waals surface area contributed by atoms with Crippen molar-refractivity contribution in [2.75, 3.05) is 14.2 Å². The van der Waals surface area contributed by atoms with Gasteiger partial charge in [-0.3, -0.25) is 5.10 Å². The summed E-state index contributed by atoms with van der Waals surface area (Å²) in [6.07, 6.45) is 3.57. The lowest BCUT2D eigenvalue weighted by Crippen LogP contribution is -2.30. The fourth-order valence-corrected chi connectivity index (χ4v) is 4.39. The normalized spacial score (nSPS) is 26.4. The van der Waals surface area contributed by atoms with E-state index in [4.69, 9.17) is 14.5 Å². The van der Waals surface area contributed by atoms with Crippen LogP contribution in [0.1, 0.15) is 39.4 Å². The first kappa shape index (κ1) is 17.8. The van der Waals surface area contributed by atoms with E-state index in [2.05, 4.69) is 31.0 Å². The molecule has 0 aliphatic heterocycles. The minimum atomic E-state index is 0.662. The molecule has 25 heavy (non-hydrogen) atoms. The molecular formula is C20H29N3O2. The average Bonchev–Trinajstić information content (AvgIpc) is 3.06. The van der Waals surface area contributed by atoms with Crippen LogP contribution in [0.3, 0.4) is 0 Å². The minimum Gasteiger partial charge on any atom is -0.497 e. The van der Waals surface area contributed by atoms with E-state index in [0.29, 0.717) is 11.7 Å². The second-order valence-electron chi connectivity index (χ2n) is 7.57. The van der Waals surface area contributed by atoms with Gasteiger partial charge in [-0.25, -0.2) is 4.98 Å². The molecule has 1 heterocycles. The number of aromatic amines is 1. The summed E-state index contributed by atoms with van der Waals surface area (Å²) in [6, 6.07) is 5.71. The number of aromatic nitrogens is 3. The van der Waals surface area contributed by atoms with Gasteiger partial charge in [-0.1, -0.05) is 20.8 Å². The quantitative estimate of drug-likeness (QED) is 0.877. The highest BCUT2D eigenvalue weighted by atomic mass is 16.5. The predicted octanol–water partition coefficient (Wildman–Crippen LogP) is 4.35. The van der Waals surface area contributed by atoms with E-state index in [1.54, 1.807) is 14.2 Å². The lowest BCUT2D eigenvalue weighted by molar-refractivity contribution is 0.134. The maximum Gasteiger partial charge on any atom is 0.184 e. The van der Waals surface area contributed by atoms with Crippen molar-refractivity contribution in [3.05, 3.63) is 24.0 Å². The molecule has 1 fully saturated rings. The van der Waals surface area contributed by atoms with Crippen LogP contribution >= 0.6 is 0 Å². The third-order valence-electron chi connectivity index (χ3n) is 5.62. The number of benzene rings is 1. The van der Waals surface area contributed by atoms with Gasteiger partial charge in [-0.15, -0.1) is 0 Å². The lowest BCUT2D eigenvalue weighted by Gasteiger charge is -2.37. The number of nitrogens with zero attached hydrogens (tertiary/aromatic N) is 2. The van der Waals surface area contributed by atoms with Crippen molar-refractivity contribution < 1.29 is 9.47 Å². The molecule has 1 N–H and O–H groups in total. The third kappa shape index (κ3) is 3.80. The summed E-state index contributed by atoms with van der Waals surface area (Å²) in [5.74, 6) is 6.06. The molecule has 5 nitrogen and oxygen atoms in total. The van der Waals surface area contributed by atoms with Crippen molar-refractivity contribution in [3.8, 4) is 22.9 Å². The van der Waals surface area contributed by atoms with Gasteiger partial charge in [0.1, 0.15) is 17.3 Å². The average molecular weight is 343 g/mol. The smallest absolute Gasteiger partial charge is 0.184 e. The molecule has 3 rings (SSSR count). The summed E-state index contributed by atoms with van der Waals surface area (Å²) in [5.41, 5.74) is 0.879. The van der Waals surface area contributed by atoms with Crippen LogP contribution in [0, 0.1) is 23.7 Å². The molecule has 1 aromatic heterocycles. The van der Waals surface area contributed by atoms with Crippen LogP contribution in [0.5, 0.6) is 11.5 Å². The maximum absolute atomic E-state index is 5.47. The first-order valence-corrected chi connectivity index (χ1v) is 9.15. The Balaban J connectivity index is 1.79. The Bertz CT molecular complexity index is 701. The van der Waals surface area contributed by atoms with Crippen LogP contribution < -0.4 is 9.47 Å². The van der Waals surface area contributed by atoms with Gasteiger partial charge in [0.15, 0.2) is 5.82 Å². The van der Waals surface area contributed by atoms with Crippen molar-refractivity contribution in [2.24, 2.45) is 23.7 Å². The van der Waals surface area contributed by atoms with Crippen molar-refractivity contribution in [1.82, 2.24) is 15.2 Å². The van der Waals surface area contributed by atoms with Crippen molar-refractivity contribution in [2.45, 2.75) is 40.0 Å². The largest absolute Gasteiger partial charge is 0.497 e. The van der Waals surface area contributed by atoms with Gasteiger partial charge < -0.3 is 9.47 Å². The highest BCUT2D eigenvalue weighted by Crippen LogP contribution is 2.39. The molecule has 1 saturated carbocycles. The Morgan fingerprint density at radius 1 is 1.08 bits per heavy atom. The Morgan fingerprint density at radius 3 is 2.44 bits per heavy atom. The monoisotopic (exact) mass is 343 g/mol. The molecule has 5 heteroatoms. The maximum atomic E-state index is 5.47. The second-order valence-corrected chi connectivity index (χ2v) is 7.57. The summed E-state index contributed by atoms with van der Waals surface area (Å²) >= 11 is 0. The van der Waals surface area contributed by atoms with Crippen LogP contribution in [0.25, 0.3) is 11.4 Å². The number of hydrogen-bond acceptors (Lipinski definition) is 4. The molecule has 0 bridgehead atoms. The van der Waals surface area contributed by atoms with Crippen LogP contribution in [0.4, 0.5) is 0 Å². The Morgan fingerprint density at radius 2 is 1.80 bits per heavy atom. The first-order chi connectivity index (χ1) is 12.0. The molecular weight excluding hydrogens is 314 g/mol. The van der Waals surface area contributed by atoms with Gasteiger partial charge in [-0.2, -0.15) is 5.10 Å². The summed E-state index contributed by atoms with van der Waals surface area (Å²) in [6.45, 7) is 7.12.